The van der Waals surface area contributed by atoms with E-state index in [9.17, 15) is 23.7 Å². The highest BCUT2D eigenvalue weighted by Crippen LogP contribution is 2.29. The number of benzene rings is 2. The molecule has 0 radical (unpaired) electrons. The standard InChI is InChI=1S/C22H19F2N3O3S/c1-13(19-17(23)6-3-7-18(19)24)20-14(2)21(28)26-22(25-20)31-12-4-5-15-8-10-16(11-9-15)27(29)30/h3-11,13H,12H2,1-2H3,(H,25,26,28)/b5-4+. The summed E-state index contributed by atoms with van der Waals surface area (Å²) in [4.78, 5) is 29.7. The summed E-state index contributed by atoms with van der Waals surface area (Å²) in [5.74, 6) is -1.65. The number of hydrogen-bond acceptors (Lipinski definition) is 5. The molecular weight excluding hydrogens is 424 g/mol. The molecule has 0 amide bonds. The number of nitrogens with zero attached hydrogens (tertiary/aromatic N) is 2. The van der Waals surface area contributed by atoms with Crippen LogP contribution in [0.25, 0.3) is 6.08 Å². The number of non-ortho nitro benzene ring substituents is 1. The summed E-state index contributed by atoms with van der Waals surface area (Å²) in [6.45, 7) is 3.18. The van der Waals surface area contributed by atoms with Crippen LogP contribution in [0.5, 0.6) is 0 Å². The van der Waals surface area contributed by atoms with E-state index in [0.717, 1.165) is 5.56 Å². The van der Waals surface area contributed by atoms with Crippen molar-refractivity contribution in [3.05, 3.63) is 103 Å². The topological polar surface area (TPSA) is 88.9 Å². The molecule has 1 heterocycles. The zero-order valence-corrected chi connectivity index (χ0v) is 17.6. The highest BCUT2D eigenvalue weighted by Gasteiger charge is 2.22. The van der Waals surface area contributed by atoms with Crippen LogP contribution in [0.2, 0.25) is 0 Å². The van der Waals surface area contributed by atoms with Gasteiger partial charge < -0.3 is 4.98 Å². The van der Waals surface area contributed by atoms with Crippen LogP contribution in [0, 0.1) is 28.7 Å². The fraction of sp³-hybridized carbons (Fsp3) is 0.182. The van der Waals surface area contributed by atoms with Crippen LogP contribution in [0.1, 0.15) is 35.2 Å². The van der Waals surface area contributed by atoms with E-state index in [1.54, 1.807) is 32.1 Å². The van der Waals surface area contributed by atoms with Crippen LogP contribution in [0.4, 0.5) is 14.5 Å². The Kier molecular flexibility index (Phi) is 6.96. The number of nitro groups is 1. The molecule has 3 aromatic rings. The number of aromatic amines is 1. The average molecular weight is 443 g/mol. The second-order valence-electron chi connectivity index (χ2n) is 6.80. The first kappa shape index (κ1) is 22.4. The van der Waals surface area contributed by atoms with Crippen LogP contribution in [0.3, 0.4) is 0 Å². The van der Waals surface area contributed by atoms with Crippen molar-refractivity contribution >= 4 is 23.5 Å². The molecule has 31 heavy (non-hydrogen) atoms. The van der Waals surface area contributed by atoms with Crippen molar-refractivity contribution < 1.29 is 13.7 Å². The van der Waals surface area contributed by atoms with Gasteiger partial charge in [0.2, 0.25) is 0 Å². The van der Waals surface area contributed by atoms with Gasteiger partial charge in [-0.2, -0.15) is 0 Å². The van der Waals surface area contributed by atoms with Gasteiger partial charge >= 0.3 is 0 Å². The summed E-state index contributed by atoms with van der Waals surface area (Å²) in [5, 5.41) is 11.0. The lowest BCUT2D eigenvalue weighted by atomic mass is 9.94. The molecule has 3 rings (SSSR count). The molecule has 1 atom stereocenters. The van der Waals surface area contributed by atoms with Crippen molar-refractivity contribution in [2.24, 2.45) is 0 Å². The Morgan fingerprint density at radius 2 is 1.84 bits per heavy atom. The fourth-order valence-corrected chi connectivity index (χ4v) is 3.78. The van der Waals surface area contributed by atoms with Gasteiger partial charge in [0.05, 0.1) is 10.6 Å². The van der Waals surface area contributed by atoms with Crippen LogP contribution in [-0.4, -0.2) is 20.6 Å². The van der Waals surface area contributed by atoms with Crippen molar-refractivity contribution in [3.63, 3.8) is 0 Å². The van der Waals surface area contributed by atoms with E-state index < -0.39 is 22.5 Å². The number of halogens is 2. The Morgan fingerprint density at radius 1 is 1.19 bits per heavy atom. The molecule has 0 spiro atoms. The summed E-state index contributed by atoms with van der Waals surface area (Å²) >= 11 is 1.26. The van der Waals surface area contributed by atoms with Gasteiger partial charge in [-0.15, -0.1) is 0 Å². The second kappa shape index (κ2) is 9.65. The molecule has 160 valence electrons. The third-order valence-corrected chi connectivity index (χ3v) is 5.57. The van der Waals surface area contributed by atoms with E-state index in [1.807, 2.05) is 6.08 Å². The minimum absolute atomic E-state index is 0.0147. The lowest BCUT2D eigenvalue weighted by Crippen LogP contribution is -2.18. The minimum Gasteiger partial charge on any atom is -0.301 e. The minimum atomic E-state index is -0.737. The Labute approximate surface area is 181 Å². The van der Waals surface area contributed by atoms with Crippen LogP contribution < -0.4 is 5.56 Å². The summed E-state index contributed by atoms with van der Waals surface area (Å²) in [7, 11) is 0. The Hall–Kier alpha value is -3.33. The lowest BCUT2D eigenvalue weighted by Gasteiger charge is -2.16. The normalized spacial score (nSPS) is 12.3. The first-order chi connectivity index (χ1) is 14.8. The van der Waals surface area contributed by atoms with Crippen molar-refractivity contribution in [2.45, 2.75) is 24.9 Å². The van der Waals surface area contributed by atoms with Crippen molar-refractivity contribution in [1.82, 2.24) is 9.97 Å². The smallest absolute Gasteiger partial charge is 0.269 e. The maximum absolute atomic E-state index is 14.2. The van der Waals surface area contributed by atoms with E-state index in [-0.39, 0.29) is 16.8 Å². The zero-order chi connectivity index (χ0) is 22.5. The first-order valence-corrected chi connectivity index (χ1v) is 10.3. The highest BCUT2D eigenvalue weighted by atomic mass is 32.2. The second-order valence-corrected chi connectivity index (χ2v) is 7.81. The van der Waals surface area contributed by atoms with Gasteiger partial charge in [0, 0.05) is 34.9 Å². The monoisotopic (exact) mass is 443 g/mol. The Balaban J connectivity index is 1.76. The van der Waals surface area contributed by atoms with E-state index in [1.165, 1.54) is 42.1 Å². The molecule has 0 saturated carbocycles. The Morgan fingerprint density at radius 3 is 2.45 bits per heavy atom. The number of nitrogens with one attached hydrogen (secondary N) is 1. The van der Waals surface area contributed by atoms with Gasteiger partial charge in [0.15, 0.2) is 5.16 Å². The molecule has 1 N–H and O–H groups in total. The van der Waals surface area contributed by atoms with Crippen LogP contribution in [0.15, 0.2) is 58.5 Å². The summed E-state index contributed by atoms with van der Waals surface area (Å²) in [5.41, 5.74) is 0.936. The van der Waals surface area contributed by atoms with Crippen molar-refractivity contribution in [1.29, 1.82) is 0 Å². The molecule has 1 aromatic heterocycles. The predicted octanol–water partition coefficient (Wildman–Crippen LogP) is 5.22. The third kappa shape index (κ3) is 5.24. The molecule has 2 aromatic carbocycles. The molecular formula is C22H19F2N3O3S. The van der Waals surface area contributed by atoms with Gasteiger partial charge in [-0.1, -0.05) is 36.9 Å². The number of aromatic nitrogens is 2. The molecule has 0 aliphatic rings. The summed E-state index contributed by atoms with van der Waals surface area (Å²) in [6, 6.07) is 9.74. The maximum Gasteiger partial charge on any atom is 0.269 e. The zero-order valence-electron chi connectivity index (χ0n) is 16.8. The van der Waals surface area contributed by atoms with Gasteiger partial charge in [-0.25, -0.2) is 13.8 Å². The SMILES string of the molecule is Cc1c(C(C)c2c(F)cccc2F)nc(SC/C=C/c2ccc([N+](=O)[O-])cc2)[nH]c1=O. The van der Waals surface area contributed by atoms with Gasteiger partial charge in [0.25, 0.3) is 11.2 Å². The molecule has 0 fully saturated rings. The third-order valence-electron chi connectivity index (χ3n) is 4.74. The van der Waals surface area contributed by atoms with Crippen molar-refractivity contribution in [3.8, 4) is 0 Å². The number of thioether (sulfide) groups is 1. The summed E-state index contributed by atoms with van der Waals surface area (Å²) < 4.78 is 28.4. The van der Waals surface area contributed by atoms with Crippen molar-refractivity contribution in [2.75, 3.05) is 5.75 Å². The van der Waals surface area contributed by atoms with Gasteiger partial charge in [0.1, 0.15) is 11.6 Å². The number of H-pyrrole nitrogens is 1. The molecule has 0 saturated heterocycles. The number of nitro benzene ring substituents is 1. The fourth-order valence-electron chi connectivity index (χ4n) is 3.10. The molecule has 6 nitrogen and oxygen atoms in total. The molecule has 0 aliphatic heterocycles. The molecule has 0 aliphatic carbocycles. The van der Waals surface area contributed by atoms with Gasteiger partial charge in [-0.05, 0) is 36.8 Å². The van der Waals surface area contributed by atoms with E-state index in [0.29, 0.717) is 22.2 Å². The molecule has 1 unspecified atom stereocenters. The molecule has 9 heteroatoms. The van der Waals surface area contributed by atoms with Crippen LogP contribution >= 0.6 is 11.8 Å². The lowest BCUT2D eigenvalue weighted by molar-refractivity contribution is -0.384. The maximum atomic E-state index is 14.2. The van der Waals surface area contributed by atoms with E-state index >= 15 is 0 Å². The Bertz CT molecular complexity index is 1170. The van der Waals surface area contributed by atoms with E-state index in [4.69, 9.17) is 0 Å². The van der Waals surface area contributed by atoms with Crippen LogP contribution in [-0.2, 0) is 0 Å². The highest BCUT2D eigenvalue weighted by molar-refractivity contribution is 7.99. The number of rotatable bonds is 7. The largest absolute Gasteiger partial charge is 0.301 e. The summed E-state index contributed by atoms with van der Waals surface area (Å²) in [6.07, 6.45) is 3.62. The molecule has 0 bridgehead atoms. The van der Waals surface area contributed by atoms with Gasteiger partial charge in [-0.3, -0.25) is 14.9 Å². The quantitative estimate of drug-likeness (QED) is 0.234. The van der Waals surface area contributed by atoms with E-state index in [2.05, 4.69) is 9.97 Å². The number of hydrogen-bond donors (Lipinski definition) is 1. The predicted molar refractivity (Wildman–Crippen MR) is 116 cm³/mol. The average Bonchev–Trinajstić information content (AvgIpc) is 2.73. The first-order valence-electron chi connectivity index (χ1n) is 9.36.